The zero-order valence-corrected chi connectivity index (χ0v) is 9.53. The fraction of sp³-hybridized carbons (Fsp3) is 0.455. The number of rotatable bonds is 4. The van der Waals surface area contributed by atoms with Crippen LogP contribution in [0, 0.1) is 17.2 Å². The van der Waals surface area contributed by atoms with Crippen LogP contribution >= 0.6 is 0 Å². The molecule has 86 valence electrons. The molecule has 2 unspecified atom stereocenters. The maximum atomic E-state index is 9.03. The highest BCUT2D eigenvalue weighted by atomic mass is 16.5. The normalized spacial score (nSPS) is 21.3. The molecule has 2 atom stereocenters. The Morgan fingerprint density at radius 1 is 1.88 bits per heavy atom. The van der Waals surface area contributed by atoms with Crippen molar-refractivity contribution in [2.45, 2.75) is 13.0 Å². The lowest BCUT2D eigenvalue weighted by molar-refractivity contribution is 0.290. The van der Waals surface area contributed by atoms with E-state index in [1.165, 1.54) is 7.11 Å². The Bertz CT molecular complexity index is 353. The maximum Gasteiger partial charge on any atom is 0.205 e. The Morgan fingerprint density at radius 2 is 2.62 bits per heavy atom. The topological polar surface area (TPSA) is 69.4 Å². The summed E-state index contributed by atoms with van der Waals surface area (Å²) in [5, 5.41) is 15.4. The number of aliphatic imine (C=N–C) groups is 1. The highest BCUT2D eigenvalue weighted by Crippen LogP contribution is 2.06. The quantitative estimate of drug-likeness (QED) is 0.541. The SMILES string of the molecule is C=C(N=CC(C#N)C1CNC(C)=CN1)OC. The fourth-order valence-electron chi connectivity index (χ4n) is 1.29. The van der Waals surface area contributed by atoms with Crippen molar-refractivity contribution in [2.24, 2.45) is 10.9 Å². The van der Waals surface area contributed by atoms with E-state index in [0.29, 0.717) is 12.4 Å². The lowest BCUT2D eigenvalue weighted by atomic mass is 10.0. The van der Waals surface area contributed by atoms with Crippen LogP contribution in [-0.4, -0.2) is 25.9 Å². The number of nitrogens with one attached hydrogen (secondary N) is 2. The van der Waals surface area contributed by atoms with E-state index >= 15 is 0 Å². The molecule has 0 bridgehead atoms. The third kappa shape index (κ3) is 3.31. The number of hydrogen-bond donors (Lipinski definition) is 2. The van der Waals surface area contributed by atoms with Crippen molar-refractivity contribution < 1.29 is 4.74 Å². The molecular formula is C11H16N4O. The van der Waals surface area contributed by atoms with Crippen molar-refractivity contribution in [3.05, 3.63) is 24.4 Å². The summed E-state index contributed by atoms with van der Waals surface area (Å²) in [7, 11) is 1.49. The highest BCUT2D eigenvalue weighted by Gasteiger charge is 2.20. The molecule has 0 spiro atoms. The van der Waals surface area contributed by atoms with Gasteiger partial charge in [0.1, 0.15) is 5.92 Å². The van der Waals surface area contributed by atoms with Crippen LogP contribution in [0.15, 0.2) is 29.4 Å². The van der Waals surface area contributed by atoms with E-state index in [2.05, 4.69) is 28.3 Å². The molecule has 1 aliphatic heterocycles. The minimum absolute atomic E-state index is 0.0158. The van der Waals surface area contributed by atoms with Crippen LogP contribution in [0.2, 0.25) is 0 Å². The molecule has 1 aliphatic rings. The van der Waals surface area contributed by atoms with Crippen LogP contribution < -0.4 is 10.6 Å². The molecule has 0 aromatic rings. The van der Waals surface area contributed by atoms with Gasteiger partial charge in [-0.3, -0.25) is 0 Å². The van der Waals surface area contributed by atoms with Crippen molar-refractivity contribution in [1.29, 1.82) is 5.26 Å². The predicted octanol–water partition coefficient (Wildman–Crippen LogP) is 0.737. The standard InChI is InChI=1S/C11H16N4O/c1-8-5-15-11(7-13-8)10(4-12)6-14-9(2)16-3/h5-6,10-11,13,15H,2,7H2,1,3H3. The van der Waals surface area contributed by atoms with Crippen LogP contribution in [0.4, 0.5) is 0 Å². The Balaban J connectivity index is 2.59. The number of methoxy groups -OCH3 is 1. The minimum atomic E-state index is -0.316. The smallest absolute Gasteiger partial charge is 0.205 e. The second kappa shape index (κ2) is 5.81. The first-order valence-electron chi connectivity index (χ1n) is 5.00. The summed E-state index contributed by atoms with van der Waals surface area (Å²) < 4.78 is 4.80. The molecule has 0 aliphatic carbocycles. The van der Waals surface area contributed by atoms with Gasteiger partial charge in [-0.1, -0.05) is 0 Å². The van der Waals surface area contributed by atoms with Gasteiger partial charge in [-0.25, -0.2) is 4.99 Å². The molecule has 0 aromatic heterocycles. The first-order chi connectivity index (χ1) is 7.67. The summed E-state index contributed by atoms with van der Waals surface area (Å²) in [6.07, 6.45) is 3.41. The molecule has 0 amide bonds. The van der Waals surface area contributed by atoms with Gasteiger partial charge in [-0.05, 0) is 13.5 Å². The Labute approximate surface area is 95.5 Å². The van der Waals surface area contributed by atoms with E-state index in [1.807, 2.05) is 13.1 Å². The van der Waals surface area contributed by atoms with Gasteiger partial charge in [0.2, 0.25) is 5.88 Å². The van der Waals surface area contributed by atoms with Gasteiger partial charge in [-0.2, -0.15) is 5.26 Å². The third-order valence-electron chi connectivity index (χ3n) is 2.31. The van der Waals surface area contributed by atoms with Gasteiger partial charge in [0.05, 0.1) is 19.2 Å². The number of nitriles is 1. The molecule has 0 saturated carbocycles. The molecule has 2 N–H and O–H groups in total. The molecular weight excluding hydrogens is 204 g/mol. The zero-order valence-electron chi connectivity index (χ0n) is 9.53. The van der Waals surface area contributed by atoms with Crippen LogP contribution in [0.25, 0.3) is 0 Å². The second-order valence-corrected chi connectivity index (χ2v) is 3.51. The van der Waals surface area contributed by atoms with E-state index < -0.39 is 0 Å². The largest absolute Gasteiger partial charge is 0.481 e. The van der Waals surface area contributed by atoms with E-state index in [0.717, 1.165) is 5.70 Å². The lowest BCUT2D eigenvalue weighted by Crippen LogP contribution is -2.45. The Hall–Kier alpha value is -1.96. The summed E-state index contributed by atoms with van der Waals surface area (Å²) in [5.74, 6) is -0.0144. The Morgan fingerprint density at radius 3 is 3.12 bits per heavy atom. The van der Waals surface area contributed by atoms with Crippen molar-refractivity contribution in [1.82, 2.24) is 10.6 Å². The van der Waals surface area contributed by atoms with Gasteiger partial charge in [0, 0.05) is 24.7 Å². The minimum Gasteiger partial charge on any atom is -0.481 e. The molecule has 5 nitrogen and oxygen atoms in total. The van der Waals surface area contributed by atoms with Crippen molar-refractivity contribution in [3.63, 3.8) is 0 Å². The van der Waals surface area contributed by atoms with Crippen LogP contribution in [0.3, 0.4) is 0 Å². The molecule has 16 heavy (non-hydrogen) atoms. The van der Waals surface area contributed by atoms with Crippen molar-refractivity contribution in [3.8, 4) is 6.07 Å². The first kappa shape index (κ1) is 12.1. The van der Waals surface area contributed by atoms with Crippen LogP contribution in [-0.2, 0) is 4.74 Å². The fourth-order valence-corrected chi connectivity index (χ4v) is 1.29. The summed E-state index contributed by atoms with van der Waals surface area (Å²) in [6.45, 7) is 6.22. The molecule has 0 fully saturated rings. The van der Waals surface area contributed by atoms with Crippen LogP contribution in [0.1, 0.15) is 6.92 Å². The summed E-state index contributed by atoms with van der Waals surface area (Å²) in [4.78, 5) is 3.96. The number of allylic oxidation sites excluding steroid dienone is 1. The monoisotopic (exact) mass is 220 g/mol. The average Bonchev–Trinajstić information content (AvgIpc) is 2.31. The Kier molecular flexibility index (Phi) is 4.40. The molecule has 1 heterocycles. The van der Waals surface area contributed by atoms with Crippen LogP contribution in [0.5, 0.6) is 0 Å². The third-order valence-corrected chi connectivity index (χ3v) is 2.31. The molecule has 0 saturated heterocycles. The summed E-state index contributed by atoms with van der Waals surface area (Å²) in [5.41, 5.74) is 1.06. The van der Waals surface area contributed by atoms with E-state index in [1.54, 1.807) is 6.21 Å². The first-order valence-corrected chi connectivity index (χ1v) is 5.00. The number of ether oxygens (including phenoxy) is 1. The highest BCUT2D eigenvalue weighted by molar-refractivity contribution is 5.66. The van der Waals surface area contributed by atoms with Gasteiger partial charge in [0.15, 0.2) is 0 Å². The predicted molar refractivity (Wildman–Crippen MR) is 62.4 cm³/mol. The summed E-state index contributed by atoms with van der Waals surface area (Å²) in [6, 6.07) is 2.20. The number of nitrogens with zero attached hydrogens (tertiary/aromatic N) is 2. The molecule has 0 aromatic carbocycles. The van der Waals surface area contributed by atoms with E-state index in [-0.39, 0.29) is 12.0 Å². The average molecular weight is 220 g/mol. The van der Waals surface area contributed by atoms with E-state index in [4.69, 9.17) is 10.00 Å². The van der Waals surface area contributed by atoms with Gasteiger partial charge >= 0.3 is 0 Å². The number of hydrogen-bond acceptors (Lipinski definition) is 5. The van der Waals surface area contributed by atoms with Gasteiger partial charge in [0.25, 0.3) is 0 Å². The second-order valence-electron chi connectivity index (χ2n) is 3.51. The zero-order chi connectivity index (χ0) is 12.0. The molecule has 5 heteroatoms. The summed E-state index contributed by atoms with van der Waals surface area (Å²) >= 11 is 0. The molecule has 1 rings (SSSR count). The van der Waals surface area contributed by atoms with Crippen molar-refractivity contribution in [2.75, 3.05) is 13.7 Å². The van der Waals surface area contributed by atoms with Crippen molar-refractivity contribution >= 4 is 6.21 Å². The van der Waals surface area contributed by atoms with E-state index in [9.17, 15) is 0 Å². The maximum absolute atomic E-state index is 9.03. The lowest BCUT2D eigenvalue weighted by Gasteiger charge is -2.25. The van der Waals surface area contributed by atoms with Gasteiger partial charge < -0.3 is 15.4 Å². The van der Waals surface area contributed by atoms with Gasteiger partial charge in [-0.15, -0.1) is 0 Å². The molecule has 0 radical (unpaired) electrons.